The van der Waals surface area contributed by atoms with E-state index in [4.69, 9.17) is 5.73 Å². The minimum atomic E-state index is -0.314. The molecule has 0 atom stereocenters. The van der Waals surface area contributed by atoms with Gasteiger partial charge in [-0.1, -0.05) is 6.92 Å². The Labute approximate surface area is 99.8 Å². The van der Waals surface area contributed by atoms with E-state index >= 15 is 0 Å². The summed E-state index contributed by atoms with van der Waals surface area (Å²) in [6.07, 6.45) is 1.63. The largest absolute Gasteiger partial charge is 0.337 e. The molecule has 0 radical (unpaired) electrons. The van der Waals surface area contributed by atoms with E-state index in [1.807, 2.05) is 6.92 Å². The van der Waals surface area contributed by atoms with E-state index < -0.39 is 0 Å². The number of nitrogens with two attached hydrogens (primary N) is 1. The molecule has 1 aromatic rings. The summed E-state index contributed by atoms with van der Waals surface area (Å²) in [4.78, 5) is 24.6. The number of nitrogens with one attached hydrogen (secondary N) is 1. The minimum absolute atomic E-state index is 0.170. The number of amides is 1. The fourth-order valence-corrected chi connectivity index (χ4v) is 1.49. The molecule has 6 heteroatoms. The van der Waals surface area contributed by atoms with E-state index in [9.17, 15) is 9.59 Å². The third-order valence-corrected chi connectivity index (χ3v) is 2.31. The van der Waals surface area contributed by atoms with Crippen LogP contribution in [0, 0.1) is 0 Å². The van der Waals surface area contributed by atoms with Crippen molar-refractivity contribution in [3.63, 3.8) is 0 Å². The van der Waals surface area contributed by atoms with Crippen molar-refractivity contribution >= 4 is 5.91 Å². The Morgan fingerprint density at radius 2 is 2.24 bits per heavy atom. The first-order chi connectivity index (χ1) is 8.19. The number of H-pyrrole nitrogens is 1. The van der Waals surface area contributed by atoms with Gasteiger partial charge >= 0.3 is 0 Å². The molecule has 0 aromatic carbocycles. The summed E-state index contributed by atoms with van der Waals surface area (Å²) in [5, 5.41) is 5.99. The van der Waals surface area contributed by atoms with Crippen LogP contribution in [-0.4, -0.2) is 40.6 Å². The zero-order valence-corrected chi connectivity index (χ0v) is 9.98. The van der Waals surface area contributed by atoms with Crippen LogP contribution >= 0.6 is 0 Å². The molecule has 0 saturated carbocycles. The van der Waals surface area contributed by atoms with Gasteiger partial charge in [0, 0.05) is 19.2 Å². The molecule has 0 spiro atoms. The van der Waals surface area contributed by atoms with E-state index in [1.165, 1.54) is 12.1 Å². The Morgan fingerprint density at radius 1 is 1.47 bits per heavy atom. The monoisotopic (exact) mass is 238 g/mol. The van der Waals surface area contributed by atoms with Crippen LogP contribution in [0.1, 0.15) is 30.3 Å². The van der Waals surface area contributed by atoms with Crippen LogP contribution in [0.2, 0.25) is 0 Å². The fourth-order valence-electron chi connectivity index (χ4n) is 1.49. The van der Waals surface area contributed by atoms with E-state index in [0.717, 1.165) is 12.8 Å². The maximum absolute atomic E-state index is 12.1. The van der Waals surface area contributed by atoms with Gasteiger partial charge in [-0.3, -0.25) is 9.59 Å². The molecule has 1 amide bonds. The van der Waals surface area contributed by atoms with Crippen molar-refractivity contribution in [3.05, 3.63) is 28.2 Å². The van der Waals surface area contributed by atoms with E-state index in [1.54, 1.807) is 4.90 Å². The Bertz CT molecular complexity index is 396. The molecule has 0 saturated heterocycles. The van der Waals surface area contributed by atoms with E-state index in [-0.39, 0.29) is 17.2 Å². The Kier molecular flexibility index (Phi) is 5.35. The fraction of sp³-hybridized carbons (Fsp3) is 0.545. The van der Waals surface area contributed by atoms with Gasteiger partial charge in [-0.25, -0.2) is 5.10 Å². The third-order valence-electron chi connectivity index (χ3n) is 2.31. The first-order valence-electron chi connectivity index (χ1n) is 5.74. The lowest BCUT2D eigenvalue weighted by molar-refractivity contribution is 0.0747. The Hall–Kier alpha value is -1.69. The maximum atomic E-state index is 12.1. The van der Waals surface area contributed by atoms with Crippen molar-refractivity contribution in [2.24, 2.45) is 5.73 Å². The van der Waals surface area contributed by atoms with E-state index in [0.29, 0.717) is 19.6 Å². The highest BCUT2D eigenvalue weighted by atomic mass is 16.2. The average Bonchev–Trinajstić information content (AvgIpc) is 2.34. The van der Waals surface area contributed by atoms with Gasteiger partial charge in [0.05, 0.1) is 0 Å². The number of aromatic amines is 1. The SMILES string of the molecule is CCCN(CCCN)C(=O)c1ccc(=O)[nH]n1. The summed E-state index contributed by atoms with van der Waals surface area (Å²) in [6, 6.07) is 2.74. The minimum Gasteiger partial charge on any atom is -0.337 e. The van der Waals surface area contributed by atoms with Gasteiger partial charge in [0.15, 0.2) is 0 Å². The highest BCUT2D eigenvalue weighted by Gasteiger charge is 2.15. The highest BCUT2D eigenvalue weighted by Crippen LogP contribution is 2.01. The molecule has 1 aromatic heterocycles. The molecule has 0 unspecified atom stereocenters. The normalized spacial score (nSPS) is 10.2. The summed E-state index contributed by atoms with van der Waals surface area (Å²) in [5.74, 6) is -0.170. The maximum Gasteiger partial charge on any atom is 0.274 e. The Morgan fingerprint density at radius 3 is 2.76 bits per heavy atom. The van der Waals surface area contributed by atoms with Gasteiger partial charge in [0.1, 0.15) is 5.69 Å². The molecule has 1 rings (SSSR count). The van der Waals surface area contributed by atoms with Crippen molar-refractivity contribution in [2.45, 2.75) is 19.8 Å². The van der Waals surface area contributed by atoms with Crippen molar-refractivity contribution < 1.29 is 4.79 Å². The second-order valence-corrected chi connectivity index (χ2v) is 3.74. The van der Waals surface area contributed by atoms with Crippen molar-refractivity contribution in [2.75, 3.05) is 19.6 Å². The van der Waals surface area contributed by atoms with Gasteiger partial charge in [-0.2, -0.15) is 5.10 Å². The van der Waals surface area contributed by atoms with Crippen LogP contribution in [0.5, 0.6) is 0 Å². The molecule has 0 aliphatic heterocycles. The summed E-state index contributed by atoms with van der Waals surface area (Å²) < 4.78 is 0. The molecule has 0 aliphatic carbocycles. The quantitative estimate of drug-likeness (QED) is 0.728. The van der Waals surface area contributed by atoms with Crippen molar-refractivity contribution in [3.8, 4) is 0 Å². The lowest BCUT2D eigenvalue weighted by Gasteiger charge is -2.21. The van der Waals surface area contributed by atoms with Crippen LogP contribution in [0.4, 0.5) is 0 Å². The number of nitrogens with zero attached hydrogens (tertiary/aromatic N) is 2. The van der Waals surface area contributed by atoms with Crippen LogP contribution in [0.25, 0.3) is 0 Å². The molecule has 0 fully saturated rings. The third kappa shape index (κ3) is 3.99. The molecule has 6 nitrogen and oxygen atoms in total. The van der Waals surface area contributed by atoms with Crippen molar-refractivity contribution in [1.82, 2.24) is 15.1 Å². The number of hydrogen-bond donors (Lipinski definition) is 2. The molecule has 0 aliphatic rings. The van der Waals surface area contributed by atoms with E-state index in [2.05, 4.69) is 10.2 Å². The average molecular weight is 238 g/mol. The molecule has 17 heavy (non-hydrogen) atoms. The van der Waals surface area contributed by atoms with Crippen LogP contribution in [-0.2, 0) is 0 Å². The summed E-state index contributed by atoms with van der Waals surface area (Å²) in [7, 11) is 0. The standard InChI is InChI=1S/C11H18N4O2/c1-2-7-15(8-3-6-12)11(17)9-4-5-10(16)14-13-9/h4-5H,2-3,6-8,12H2,1H3,(H,14,16). The smallest absolute Gasteiger partial charge is 0.274 e. The second kappa shape index (κ2) is 6.80. The summed E-state index contributed by atoms with van der Waals surface area (Å²) in [5.41, 5.74) is 5.38. The zero-order chi connectivity index (χ0) is 12.7. The lowest BCUT2D eigenvalue weighted by Crippen LogP contribution is -2.34. The van der Waals surface area contributed by atoms with Gasteiger partial charge in [0.25, 0.3) is 11.5 Å². The zero-order valence-electron chi connectivity index (χ0n) is 9.98. The van der Waals surface area contributed by atoms with Gasteiger partial charge in [0.2, 0.25) is 0 Å². The van der Waals surface area contributed by atoms with Gasteiger partial charge < -0.3 is 10.6 Å². The van der Waals surface area contributed by atoms with Crippen LogP contribution in [0.3, 0.4) is 0 Å². The predicted molar refractivity (Wildman–Crippen MR) is 64.7 cm³/mol. The number of carbonyl (C=O) groups is 1. The lowest BCUT2D eigenvalue weighted by atomic mass is 10.3. The van der Waals surface area contributed by atoms with Crippen molar-refractivity contribution in [1.29, 1.82) is 0 Å². The first-order valence-corrected chi connectivity index (χ1v) is 5.74. The first kappa shape index (κ1) is 13.4. The van der Waals surface area contributed by atoms with Crippen LogP contribution < -0.4 is 11.3 Å². The molecule has 0 bridgehead atoms. The van der Waals surface area contributed by atoms with Gasteiger partial charge in [-0.05, 0) is 25.5 Å². The molecule has 3 N–H and O–H groups in total. The topological polar surface area (TPSA) is 92.1 Å². The second-order valence-electron chi connectivity index (χ2n) is 3.74. The van der Waals surface area contributed by atoms with Crippen LogP contribution in [0.15, 0.2) is 16.9 Å². The number of aromatic nitrogens is 2. The highest BCUT2D eigenvalue weighted by molar-refractivity contribution is 5.92. The predicted octanol–water partition coefficient (Wildman–Crippen LogP) is -0.0291. The number of hydrogen-bond acceptors (Lipinski definition) is 4. The molecular weight excluding hydrogens is 220 g/mol. The molecule has 1 heterocycles. The number of rotatable bonds is 6. The van der Waals surface area contributed by atoms with Gasteiger partial charge in [-0.15, -0.1) is 0 Å². The number of carbonyl (C=O) groups excluding carboxylic acids is 1. The summed E-state index contributed by atoms with van der Waals surface area (Å²) >= 11 is 0. The molecular formula is C11H18N4O2. The Balaban J connectivity index is 2.75. The summed E-state index contributed by atoms with van der Waals surface area (Å²) in [6.45, 7) is 3.83. The molecule has 94 valence electrons.